The molecule has 1 aliphatic carbocycles. The summed E-state index contributed by atoms with van der Waals surface area (Å²) >= 11 is 0. The molecule has 1 aromatic carbocycles. The number of ether oxygens (including phenoxy) is 1. The number of hydrogen-bond acceptors (Lipinski definition) is 3. The molecule has 3 atom stereocenters. The molecular formula is C19H28N2O3. The number of aliphatic hydroxyl groups is 1. The Morgan fingerprint density at radius 3 is 3.08 bits per heavy atom. The van der Waals surface area contributed by atoms with Gasteiger partial charge in [0.05, 0.1) is 31.4 Å². The van der Waals surface area contributed by atoms with Gasteiger partial charge in [0.15, 0.2) is 0 Å². The highest BCUT2D eigenvalue weighted by Crippen LogP contribution is 2.29. The molecule has 3 rings (SSSR count). The minimum absolute atomic E-state index is 0.0364. The molecule has 0 radical (unpaired) electrons. The number of fused-ring (bicyclic) bond motifs is 1. The number of hydrogen-bond donors (Lipinski definition) is 2. The van der Waals surface area contributed by atoms with Gasteiger partial charge in [-0.2, -0.15) is 0 Å². The molecule has 1 saturated heterocycles. The van der Waals surface area contributed by atoms with Crippen LogP contribution in [0.1, 0.15) is 49.8 Å². The average molecular weight is 332 g/mol. The third-order valence-electron chi connectivity index (χ3n) is 5.02. The van der Waals surface area contributed by atoms with Crippen molar-refractivity contribution in [1.29, 1.82) is 0 Å². The van der Waals surface area contributed by atoms with Gasteiger partial charge in [-0.15, -0.1) is 0 Å². The van der Waals surface area contributed by atoms with Gasteiger partial charge in [0.1, 0.15) is 0 Å². The van der Waals surface area contributed by atoms with Crippen LogP contribution < -0.4 is 5.32 Å². The Balaban J connectivity index is 1.71. The largest absolute Gasteiger partial charge is 0.393 e. The van der Waals surface area contributed by atoms with Gasteiger partial charge in [0.25, 0.3) is 0 Å². The van der Waals surface area contributed by atoms with Gasteiger partial charge in [-0.05, 0) is 43.7 Å². The summed E-state index contributed by atoms with van der Waals surface area (Å²) < 4.78 is 5.50. The lowest BCUT2D eigenvalue weighted by Gasteiger charge is -2.37. The van der Waals surface area contributed by atoms with Crippen LogP contribution in [0.15, 0.2) is 24.3 Å². The van der Waals surface area contributed by atoms with Crippen molar-refractivity contribution < 1.29 is 14.6 Å². The van der Waals surface area contributed by atoms with E-state index in [2.05, 4.69) is 23.5 Å². The fourth-order valence-corrected chi connectivity index (χ4v) is 3.81. The normalized spacial score (nSPS) is 25.5. The number of nitrogens with zero attached hydrogens (tertiary/aromatic N) is 1. The number of amides is 2. The molecule has 0 unspecified atom stereocenters. The number of aliphatic hydroxyl groups excluding tert-OH is 1. The van der Waals surface area contributed by atoms with Crippen molar-refractivity contribution in [3.05, 3.63) is 35.4 Å². The summed E-state index contributed by atoms with van der Waals surface area (Å²) in [7, 11) is 0. The van der Waals surface area contributed by atoms with Crippen LogP contribution in [-0.4, -0.2) is 47.9 Å². The molecule has 0 bridgehead atoms. The van der Waals surface area contributed by atoms with Crippen LogP contribution in [0.2, 0.25) is 0 Å². The molecule has 0 saturated carbocycles. The lowest BCUT2D eigenvalue weighted by molar-refractivity contribution is -0.00488. The van der Waals surface area contributed by atoms with E-state index >= 15 is 0 Å². The zero-order valence-electron chi connectivity index (χ0n) is 14.4. The van der Waals surface area contributed by atoms with E-state index in [0.717, 1.165) is 19.3 Å². The van der Waals surface area contributed by atoms with E-state index in [-0.39, 0.29) is 18.1 Å². The molecule has 132 valence electrons. The second-order valence-corrected chi connectivity index (χ2v) is 6.95. The molecule has 1 heterocycles. The van der Waals surface area contributed by atoms with Crippen LogP contribution in [0, 0.1) is 0 Å². The standard InChI is InChI=1S/C19H28N2O3/c1-14(22)12-16-13-24-11-10-21(16)19(23)20-18-9-5-3-7-15-6-2-4-8-17(15)18/h2,4,6,8,14,16,18,22H,3,5,7,9-13H2,1H3,(H,20,23)/t14-,16+,18+/m0/s1. The molecular weight excluding hydrogens is 304 g/mol. The summed E-state index contributed by atoms with van der Waals surface area (Å²) in [5.74, 6) is 0. The lowest BCUT2D eigenvalue weighted by atomic mass is 9.99. The van der Waals surface area contributed by atoms with Crippen LogP contribution in [-0.2, 0) is 11.2 Å². The Labute approximate surface area is 144 Å². The Bertz CT molecular complexity index is 561. The maximum absolute atomic E-state index is 12.9. The van der Waals surface area contributed by atoms with Crippen molar-refractivity contribution in [1.82, 2.24) is 10.2 Å². The van der Waals surface area contributed by atoms with E-state index in [0.29, 0.717) is 26.2 Å². The molecule has 5 nitrogen and oxygen atoms in total. The molecule has 2 amide bonds. The van der Waals surface area contributed by atoms with Crippen LogP contribution in [0.25, 0.3) is 0 Å². The lowest BCUT2D eigenvalue weighted by Crippen LogP contribution is -2.53. The molecule has 5 heteroatoms. The number of urea groups is 1. The quantitative estimate of drug-likeness (QED) is 0.837. The Morgan fingerprint density at radius 2 is 2.25 bits per heavy atom. The highest BCUT2D eigenvalue weighted by atomic mass is 16.5. The topological polar surface area (TPSA) is 61.8 Å². The summed E-state index contributed by atoms with van der Waals surface area (Å²) in [4.78, 5) is 14.7. The van der Waals surface area contributed by atoms with Crippen LogP contribution in [0.5, 0.6) is 0 Å². The van der Waals surface area contributed by atoms with Gasteiger partial charge >= 0.3 is 6.03 Å². The molecule has 2 aliphatic rings. The highest BCUT2D eigenvalue weighted by molar-refractivity contribution is 5.75. The van der Waals surface area contributed by atoms with E-state index in [1.165, 1.54) is 17.5 Å². The van der Waals surface area contributed by atoms with E-state index in [1.54, 1.807) is 6.92 Å². The summed E-state index contributed by atoms with van der Waals surface area (Å²) in [6.07, 6.45) is 4.48. The Morgan fingerprint density at radius 1 is 1.42 bits per heavy atom. The number of morpholine rings is 1. The Hall–Kier alpha value is -1.59. The van der Waals surface area contributed by atoms with Crippen molar-refractivity contribution in [2.24, 2.45) is 0 Å². The van der Waals surface area contributed by atoms with Crippen LogP contribution in [0.3, 0.4) is 0 Å². The first-order chi connectivity index (χ1) is 11.6. The number of nitrogens with one attached hydrogen (secondary N) is 1. The fraction of sp³-hybridized carbons (Fsp3) is 0.632. The van der Waals surface area contributed by atoms with Crippen molar-refractivity contribution in [2.45, 2.75) is 57.2 Å². The van der Waals surface area contributed by atoms with Crippen LogP contribution in [0.4, 0.5) is 4.79 Å². The third-order valence-corrected chi connectivity index (χ3v) is 5.02. The van der Waals surface area contributed by atoms with E-state index in [1.807, 2.05) is 11.0 Å². The summed E-state index contributed by atoms with van der Waals surface area (Å²) in [5.41, 5.74) is 2.60. The third kappa shape index (κ3) is 4.08. The maximum Gasteiger partial charge on any atom is 0.318 e. The summed E-state index contributed by atoms with van der Waals surface area (Å²) in [5, 5.41) is 12.9. The Kier molecular flexibility index (Phi) is 5.74. The van der Waals surface area contributed by atoms with Gasteiger partial charge in [-0.25, -0.2) is 4.79 Å². The molecule has 1 aliphatic heterocycles. The second kappa shape index (κ2) is 7.99. The van der Waals surface area contributed by atoms with E-state index < -0.39 is 6.10 Å². The predicted octanol–water partition coefficient (Wildman–Crippen LogP) is 2.64. The molecule has 24 heavy (non-hydrogen) atoms. The van der Waals surface area contributed by atoms with Crippen molar-refractivity contribution >= 4 is 6.03 Å². The number of benzene rings is 1. The van der Waals surface area contributed by atoms with Gasteiger partial charge in [0, 0.05) is 6.54 Å². The minimum Gasteiger partial charge on any atom is -0.393 e. The predicted molar refractivity (Wildman–Crippen MR) is 92.9 cm³/mol. The first-order valence-corrected chi connectivity index (χ1v) is 9.06. The zero-order chi connectivity index (χ0) is 16.9. The number of carbonyl (C=O) groups excluding carboxylic acids is 1. The molecule has 0 spiro atoms. The summed E-state index contributed by atoms with van der Waals surface area (Å²) in [6.45, 7) is 3.40. The van der Waals surface area contributed by atoms with Crippen molar-refractivity contribution in [2.75, 3.05) is 19.8 Å². The first kappa shape index (κ1) is 17.2. The monoisotopic (exact) mass is 332 g/mol. The minimum atomic E-state index is -0.439. The number of carbonyl (C=O) groups is 1. The molecule has 1 fully saturated rings. The van der Waals surface area contributed by atoms with Crippen molar-refractivity contribution in [3.63, 3.8) is 0 Å². The fourth-order valence-electron chi connectivity index (χ4n) is 3.81. The zero-order valence-corrected chi connectivity index (χ0v) is 14.4. The molecule has 1 aromatic rings. The van der Waals surface area contributed by atoms with Gasteiger partial charge < -0.3 is 20.1 Å². The SMILES string of the molecule is C[C@H](O)C[C@@H]1COCCN1C(=O)N[C@@H]1CCCCc2ccccc21. The number of rotatable bonds is 3. The van der Waals surface area contributed by atoms with Gasteiger partial charge in [0.2, 0.25) is 0 Å². The molecule has 2 N–H and O–H groups in total. The van der Waals surface area contributed by atoms with Crippen LogP contribution >= 0.6 is 0 Å². The molecule has 0 aromatic heterocycles. The maximum atomic E-state index is 12.9. The smallest absolute Gasteiger partial charge is 0.318 e. The second-order valence-electron chi connectivity index (χ2n) is 6.95. The van der Waals surface area contributed by atoms with E-state index in [9.17, 15) is 9.90 Å². The van der Waals surface area contributed by atoms with Gasteiger partial charge in [-0.3, -0.25) is 0 Å². The van der Waals surface area contributed by atoms with Gasteiger partial charge in [-0.1, -0.05) is 30.7 Å². The average Bonchev–Trinajstić information content (AvgIpc) is 2.77. The van der Waals surface area contributed by atoms with Crippen molar-refractivity contribution in [3.8, 4) is 0 Å². The highest BCUT2D eigenvalue weighted by Gasteiger charge is 2.30. The summed E-state index contributed by atoms with van der Waals surface area (Å²) in [6, 6.07) is 8.41. The number of aryl methyl sites for hydroxylation is 1. The van der Waals surface area contributed by atoms with E-state index in [4.69, 9.17) is 4.74 Å². The first-order valence-electron chi connectivity index (χ1n) is 9.06.